The minimum atomic E-state index is -0.0643. The van der Waals surface area contributed by atoms with Gasteiger partial charge in [-0.1, -0.05) is 12.1 Å². The Labute approximate surface area is 210 Å². The van der Waals surface area contributed by atoms with E-state index in [0.29, 0.717) is 36.8 Å². The fraction of sp³-hybridized carbons (Fsp3) is 0.286. The molecule has 8 nitrogen and oxygen atoms in total. The van der Waals surface area contributed by atoms with Gasteiger partial charge in [-0.15, -0.1) is 0 Å². The van der Waals surface area contributed by atoms with E-state index in [-0.39, 0.29) is 5.91 Å². The van der Waals surface area contributed by atoms with Crippen LogP contribution >= 0.6 is 0 Å². The second kappa shape index (κ2) is 10.2. The number of hydrogen-bond acceptors (Lipinski definition) is 6. The first-order valence-electron chi connectivity index (χ1n) is 12.1. The summed E-state index contributed by atoms with van der Waals surface area (Å²) >= 11 is 0. The smallest absolute Gasteiger partial charge is 0.272 e. The van der Waals surface area contributed by atoms with Crippen molar-refractivity contribution in [2.24, 2.45) is 0 Å². The number of carbonyl (C=O) groups excluding carboxylic acids is 1. The molecule has 0 aliphatic carbocycles. The molecular weight excluding hydrogens is 456 g/mol. The van der Waals surface area contributed by atoms with Crippen LogP contribution in [0.5, 0.6) is 11.5 Å². The molecule has 0 radical (unpaired) electrons. The first-order valence-corrected chi connectivity index (χ1v) is 12.1. The van der Waals surface area contributed by atoms with Crippen LogP contribution in [-0.4, -0.2) is 60.5 Å². The predicted octanol–water partition coefficient (Wildman–Crippen LogP) is 4.81. The molecule has 0 saturated carbocycles. The number of anilines is 1. The zero-order valence-electron chi connectivity index (χ0n) is 20.8. The van der Waals surface area contributed by atoms with Gasteiger partial charge in [0.2, 0.25) is 0 Å². The van der Waals surface area contributed by atoms with E-state index in [9.17, 15) is 4.79 Å². The lowest BCUT2D eigenvalue weighted by molar-refractivity contribution is 0.0737. The minimum absolute atomic E-state index is 0.0643. The number of aryl methyl sites for hydroxylation is 1. The van der Waals surface area contributed by atoms with Crippen LogP contribution in [0.25, 0.3) is 17.1 Å². The van der Waals surface area contributed by atoms with E-state index in [1.807, 2.05) is 79.4 Å². The van der Waals surface area contributed by atoms with Crippen LogP contribution in [0.4, 0.5) is 5.69 Å². The van der Waals surface area contributed by atoms with E-state index in [4.69, 9.17) is 19.0 Å². The molecule has 0 N–H and O–H groups in total. The van der Waals surface area contributed by atoms with E-state index in [1.165, 1.54) is 0 Å². The number of hydrogen-bond donors (Lipinski definition) is 0. The molecule has 1 saturated heterocycles. The van der Waals surface area contributed by atoms with Gasteiger partial charge in [-0.2, -0.15) is 5.10 Å². The molecule has 1 amide bonds. The van der Waals surface area contributed by atoms with Crippen molar-refractivity contribution in [1.29, 1.82) is 0 Å². The zero-order chi connectivity index (χ0) is 25.1. The maximum Gasteiger partial charge on any atom is 0.272 e. The Kier molecular flexibility index (Phi) is 6.66. The number of furan rings is 1. The molecule has 3 heterocycles. The Morgan fingerprint density at radius 2 is 1.75 bits per heavy atom. The van der Waals surface area contributed by atoms with Crippen LogP contribution in [0.2, 0.25) is 0 Å². The molecule has 8 heteroatoms. The molecular formula is C28H30N4O4. The summed E-state index contributed by atoms with van der Waals surface area (Å²) in [6.07, 6.45) is 0. The van der Waals surface area contributed by atoms with Crippen LogP contribution in [0.1, 0.15) is 23.2 Å². The van der Waals surface area contributed by atoms with E-state index >= 15 is 0 Å². The fourth-order valence-corrected chi connectivity index (χ4v) is 4.45. The van der Waals surface area contributed by atoms with Gasteiger partial charge in [0.1, 0.15) is 28.6 Å². The molecule has 2 aromatic heterocycles. The van der Waals surface area contributed by atoms with E-state index < -0.39 is 0 Å². The molecule has 1 aliphatic rings. The second-order valence-corrected chi connectivity index (χ2v) is 8.61. The van der Waals surface area contributed by atoms with Crippen molar-refractivity contribution in [2.45, 2.75) is 13.8 Å². The van der Waals surface area contributed by atoms with Gasteiger partial charge >= 0.3 is 0 Å². The monoisotopic (exact) mass is 486 g/mol. The number of ether oxygens (including phenoxy) is 2. The van der Waals surface area contributed by atoms with E-state index in [2.05, 4.69) is 11.0 Å². The topological polar surface area (TPSA) is 73.0 Å². The summed E-state index contributed by atoms with van der Waals surface area (Å²) in [5.74, 6) is 2.97. The number of amides is 1. The number of aromatic nitrogens is 2. The van der Waals surface area contributed by atoms with Gasteiger partial charge in [-0.05, 0) is 62.4 Å². The maximum absolute atomic E-state index is 13.7. The quantitative estimate of drug-likeness (QED) is 0.373. The summed E-state index contributed by atoms with van der Waals surface area (Å²) < 4.78 is 18.6. The van der Waals surface area contributed by atoms with Crippen molar-refractivity contribution in [3.63, 3.8) is 0 Å². The highest BCUT2D eigenvalue weighted by Gasteiger charge is 2.27. The normalized spacial score (nSPS) is 13.6. The Morgan fingerprint density at radius 1 is 1.00 bits per heavy atom. The summed E-state index contributed by atoms with van der Waals surface area (Å²) in [4.78, 5) is 17.9. The van der Waals surface area contributed by atoms with Gasteiger partial charge in [0.05, 0.1) is 25.1 Å². The van der Waals surface area contributed by atoms with Crippen molar-refractivity contribution >= 4 is 11.6 Å². The highest BCUT2D eigenvalue weighted by atomic mass is 16.5. The summed E-state index contributed by atoms with van der Waals surface area (Å²) in [6.45, 7) is 7.12. The third kappa shape index (κ3) is 4.66. The average molecular weight is 487 g/mol. The Bertz CT molecular complexity index is 1330. The molecule has 186 valence electrons. The molecule has 36 heavy (non-hydrogen) atoms. The Hall–Kier alpha value is -4.20. The van der Waals surface area contributed by atoms with Crippen molar-refractivity contribution < 1.29 is 18.7 Å². The van der Waals surface area contributed by atoms with Gasteiger partial charge in [0.25, 0.3) is 5.91 Å². The van der Waals surface area contributed by atoms with Gasteiger partial charge in [-0.25, -0.2) is 4.68 Å². The van der Waals surface area contributed by atoms with E-state index in [0.717, 1.165) is 41.7 Å². The molecule has 0 atom stereocenters. The molecule has 0 bridgehead atoms. The standard InChI is InChI=1S/C28H30N4O4/c1-4-35-27-8-6-5-7-24(27)30-15-17-31(18-16-30)28(33)25-19-23(26-14-9-20(2)36-26)29-32(25)21-10-12-22(34-3)13-11-21/h5-14,19H,4,15-18H2,1-3H3. The number of para-hydroxylation sites is 2. The Balaban J connectivity index is 1.40. The minimum Gasteiger partial charge on any atom is -0.497 e. The predicted molar refractivity (Wildman–Crippen MR) is 138 cm³/mol. The molecule has 0 spiro atoms. The third-order valence-electron chi connectivity index (χ3n) is 6.31. The van der Waals surface area contributed by atoms with Crippen molar-refractivity contribution in [2.75, 3.05) is 44.8 Å². The Morgan fingerprint density at radius 3 is 2.42 bits per heavy atom. The molecule has 5 rings (SSSR count). The summed E-state index contributed by atoms with van der Waals surface area (Å²) in [5, 5.41) is 4.74. The zero-order valence-corrected chi connectivity index (χ0v) is 20.8. The van der Waals surface area contributed by atoms with Gasteiger partial charge < -0.3 is 23.7 Å². The lowest BCUT2D eigenvalue weighted by Crippen LogP contribution is -2.49. The number of piperazine rings is 1. The molecule has 1 aliphatic heterocycles. The average Bonchev–Trinajstić information content (AvgIpc) is 3.56. The lowest BCUT2D eigenvalue weighted by Gasteiger charge is -2.36. The largest absolute Gasteiger partial charge is 0.497 e. The summed E-state index contributed by atoms with van der Waals surface area (Å²) in [7, 11) is 1.63. The van der Waals surface area contributed by atoms with Crippen LogP contribution in [0.15, 0.2) is 71.1 Å². The molecule has 4 aromatic rings. The fourth-order valence-electron chi connectivity index (χ4n) is 4.45. The summed E-state index contributed by atoms with van der Waals surface area (Å²) in [5.41, 5.74) is 2.95. The first kappa shape index (κ1) is 23.5. The third-order valence-corrected chi connectivity index (χ3v) is 6.31. The number of nitrogens with zero attached hydrogens (tertiary/aromatic N) is 4. The molecule has 2 aromatic carbocycles. The van der Waals surface area contributed by atoms with Gasteiger partial charge in [0, 0.05) is 32.2 Å². The number of carbonyl (C=O) groups is 1. The number of benzene rings is 2. The van der Waals surface area contributed by atoms with E-state index in [1.54, 1.807) is 11.8 Å². The van der Waals surface area contributed by atoms with Crippen LogP contribution in [-0.2, 0) is 0 Å². The van der Waals surface area contributed by atoms with Crippen LogP contribution in [0.3, 0.4) is 0 Å². The van der Waals surface area contributed by atoms with Crippen molar-refractivity contribution in [3.8, 4) is 28.6 Å². The first-order chi connectivity index (χ1) is 17.6. The second-order valence-electron chi connectivity index (χ2n) is 8.61. The highest BCUT2D eigenvalue weighted by molar-refractivity contribution is 5.94. The number of rotatable bonds is 7. The summed E-state index contributed by atoms with van der Waals surface area (Å²) in [6, 6.07) is 21.1. The van der Waals surface area contributed by atoms with Crippen LogP contribution in [0, 0.1) is 6.92 Å². The lowest BCUT2D eigenvalue weighted by atomic mass is 10.2. The van der Waals surface area contributed by atoms with Gasteiger partial charge in [-0.3, -0.25) is 4.79 Å². The molecule has 0 unspecified atom stereocenters. The van der Waals surface area contributed by atoms with Crippen LogP contribution < -0.4 is 14.4 Å². The van der Waals surface area contributed by atoms with Crippen molar-refractivity contribution in [1.82, 2.24) is 14.7 Å². The molecule has 1 fully saturated rings. The van der Waals surface area contributed by atoms with Crippen molar-refractivity contribution in [3.05, 3.63) is 78.2 Å². The highest BCUT2D eigenvalue weighted by Crippen LogP contribution is 2.30. The maximum atomic E-state index is 13.7. The SMILES string of the molecule is CCOc1ccccc1N1CCN(C(=O)c2cc(-c3ccc(C)o3)nn2-c2ccc(OC)cc2)CC1. The number of methoxy groups -OCH3 is 1. The van der Waals surface area contributed by atoms with Gasteiger partial charge in [0.15, 0.2) is 5.76 Å².